The molecule has 0 N–H and O–H groups in total. The van der Waals surface area contributed by atoms with Gasteiger partial charge in [0.1, 0.15) is 10.8 Å². The second-order valence-electron chi connectivity index (χ2n) is 3.27. The Morgan fingerprint density at radius 1 is 1.22 bits per heavy atom. The molecule has 0 spiro atoms. The van der Waals surface area contributed by atoms with E-state index in [1.54, 1.807) is 0 Å². The van der Waals surface area contributed by atoms with Gasteiger partial charge < -0.3 is 0 Å². The number of rotatable bonds is 2. The van der Waals surface area contributed by atoms with Crippen LogP contribution in [-0.4, -0.2) is 14.9 Å². The minimum atomic E-state index is -0.530. The quantitative estimate of drug-likeness (QED) is 0.465. The van der Waals surface area contributed by atoms with Gasteiger partial charge in [-0.05, 0) is 22.0 Å². The van der Waals surface area contributed by atoms with Gasteiger partial charge >= 0.3 is 0 Å². The molecule has 0 atom stereocenters. The first kappa shape index (κ1) is 13.2. The molecule has 92 valence electrons. The van der Waals surface area contributed by atoms with Gasteiger partial charge in [-0.15, -0.1) is 0 Å². The third kappa shape index (κ3) is 2.60. The summed E-state index contributed by atoms with van der Waals surface area (Å²) in [6, 6.07) is 2.79. The smallest absolute Gasteiger partial charge is 0.258 e. The molecule has 2 rings (SSSR count). The fourth-order valence-corrected chi connectivity index (χ4v) is 2.04. The lowest BCUT2D eigenvalue weighted by molar-refractivity contribution is -0.384. The molecule has 2 aromatic heterocycles. The first-order chi connectivity index (χ1) is 8.49. The molecular weight excluding hydrogens is 345 g/mol. The van der Waals surface area contributed by atoms with E-state index in [2.05, 4.69) is 25.9 Å². The maximum Gasteiger partial charge on any atom is 0.296 e. The van der Waals surface area contributed by atoms with Crippen molar-refractivity contribution in [3.63, 3.8) is 0 Å². The molecule has 0 aliphatic heterocycles. The molecular formula is C10H4BrCl2N3O2. The standard InChI is InChI=1S/C10H4BrCl2N3O2/c11-5-1-8(16(17)18)10(15-3-5)6-2-9(13)14-4-7(6)12/h1-4H. The first-order valence-corrected chi connectivity index (χ1v) is 6.15. The molecule has 2 heterocycles. The van der Waals surface area contributed by atoms with E-state index >= 15 is 0 Å². The molecule has 0 aromatic carbocycles. The van der Waals surface area contributed by atoms with E-state index in [1.807, 2.05) is 0 Å². The topological polar surface area (TPSA) is 68.9 Å². The second-order valence-corrected chi connectivity index (χ2v) is 4.98. The highest BCUT2D eigenvalue weighted by atomic mass is 79.9. The lowest BCUT2D eigenvalue weighted by Crippen LogP contribution is -1.96. The molecule has 0 fully saturated rings. The molecule has 0 unspecified atom stereocenters. The van der Waals surface area contributed by atoms with Crippen LogP contribution in [0.15, 0.2) is 29.0 Å². The minimum Gasteiger partial charge on any atom is -0.258 e. The van der Waals surface area contributed by atoms with Crippen LogP contribution in [0.5, 0.6) is 0 Å². The molecule has 0 saturated carbocycles. The largest absolute Gasteiger partial charge is 0.296 e. The Hall–Kier alpha value is -1.24. The van der Waals surface area contributed by atoms with Gasteiger partial charge in [0.15, 0.2) is 0 Å². The molecule has 0 amide bonds. The van der Waals surface area contributed by atoms with E-state index in [4.69, 9.17) is 23.2 Å². The van der Waals surface area contributed by atoms with E-state index < -0.39 is 4.92 Å². The Kier molecular flexibility index (Phi) is 3.79. The molecule has 18 heavy (non-hydrogen) atoms. The predicted molar refractivity (Wildman–Crippen MR) is 71.8 cm³/mol. The maximum atomic E-state index is 11.0. The summed E-state index contributed by atoms with van der Waals surface area (Å²) >= 11 is 14.8. The molecule has 5 nitrogen and oxygen atoms in total. The zero-order chi connectivity index (χ0) is 13.3. The summed E-state index contributed by atoms with van der Waals surface area (Å²) in [6.07, 6.45) is 2.78. The van der Waals surface area contributed by atoms with E-state index in [0.717, 1.165) is 0 Å². The molecule has 2 aromatic rings. The maximum absolute atomic E-state index is 11.0. The minimum absolute atomic E-state index is 0.150. The van der Waals surface area contributed by atoms with Gasteiger partial charge in [-0.25, -0.2) is 9.97 Å². The van der Waals surface area contributed by atoms with Crippen LogP contribution in [0.4, 0.5) is 5.69 Å². The number of nitro groups is 1. The number of nitrogens with zero attached hydrogens (tertiary/aromatic N) is 3. The Bertz CT molecular complexity index is 637. The van der Waals surface area contributed by atoms with Crippen LogP contribution in [0, 0.1) is 10.1 Å². The average Bonchev–Trinajstić information content (AvgIpc) is 2.32. The SMILES string of the molecule is O=[N+]([O-])c1cc(Br)cnc1-c1cc(Cl)ncc1Cl. The number of hydrogen-bond donors (Lipinski definition) is 0. The lowest BCUT2D eigenvalue weighted by Gasteiger charge is -2.05. The Morgan fingerprint density at radius 3 is 2.61 bits per heavy atom. The van der Waals surface area contributed by atoms with Crippen LogP contribution < -0.4 is 0 Å². The fraction of sp³-hybridized carbons (Fsp3) is 0. The van der Waals surface area contributed by atoms with E-state index in [1.165, 1.54) is 24.5 Å². The predicted octanol–water partition coefficient (Wildman–Crippen LogP) is 4.12. The van der Waals surface area contributed by atoms with Crippen molar-refractivity contribution in [3.8, 4) is 11.3 Å². The molecule has 0 aliphatic rings. The van der Waals surface area contributed by atoms with Crippen molar-refractivity contribution < 1.29 is 4.92 Å². The van der Waals surface area contributed by atoms with E-state index in [9.17, 15) is 10.1 Å². The van der Waals surface area contributed by atoms with Crippen molar-refractivity contribution in [2.75, 3.05) is 0 Å². The summed E-state index contributed by atoms with van der Waals surface area (Å²) in [6.45, 7) is 0. The highest BCUT2D eigenvalue weighted by molar-refractivity contribution is 9.10. The fourth-order valence-electron chi connectivity index (χ4n) is 1.37. The van der Waals surface area contributed by atoms with Crippen LogP contribution in [-0.2, 0) is 0 Å². The summed E-state index contributed by atoms with van der Waals surface area (Å²) in [5.41, 5.74) is 0.363. The Balaban J connectivity index is 2.70. The summed E-state index contributed by atoms with van der Waals surface area (Å²) < 4.78 is 0.509. The number of halogens is 3. The van der Waals surface area contributed by atoms with Crippen LogP contribution in [0.2, 0.25) is 10.2 Å². The molecule has 0 saturated heterocycles. The zero-order valence-electron chi connectivity index (χ0n) is 8.60. The van der Waals surface area contributed by atoms with Gasteiger partial charge in [-0.2, -0.15) is 0 Å². The van der Waals surface area contributed by atoms with E-state index in [0.29, 0.717) is 10.0 Å². The monoisotopic (exact) mass is 347 g/mol. The van der Waals surface area contributed by atoms with Crippen molar-refractivity contribution in [1.29, 1.82) is 0 Å². The second kappa shape index (κ2) is 5.17. The molecule has 0 aliphatic carbocycles. The highest BCUT2D eigenvalue weighted by Gasteiger charge is 2.20. The van der Waals surface area contributed by atoms with Gasteiger partial charge in [0.25, 0.3) is 5.69 Å². The van der Waals surface area contributed by atoms with Crippen LogP contribution in [0.1, 0.15) is 0 Å². The average molecular weight is 349 g/mol. The Labute approximate surface area is 120 Å². The molecule has 0 radical (unpaired) electrons. The van der Waals surface area contributed by atoms with Gasteiger partial charge in [0.2, 0.25) is 0 Å². The normalized spacial score (nSPS) is 10.4. The molecule has 8 heteroatoms. The van der Waals surface area contributed by atoms with Crippen molar-refractivity contribution in [1.82, 2.24) is 9.97 Å². The summed E-state index contributed by atoms with van der Waals surface area (Å²) in [5.74, 6) is 0. The van der Waals surface area contributed by atoms with Gasteiger partial charge in [-0.1, -0.05) is 23.2 Å². The zero-order valence-corrected chi connectivity index (χ0v) is 11.7. The van der Waals surface area contributed by atoms with Gasteiger partial charge in [-0.3, -0.25) is 10.1 Å². The highest BCUT2D eigenvalue weighted by Crippen LogP contribution is 2.34. The van der Waals surface area contributed by atoms with Crippen LogP contribution in [0.25, 0.3) is 11.3 Å². The molecule has 0 bridgehead atoms. The van der Waals surface area contributed by atoms with Crippen LogP contribution in [0.3, 0.4) is 0 Å². The summed E-state index contributed by atoms with van der Waals surface area (Å²) in [7, 11) is 0. The number of aromatic nitrogens is 2. The summed E-state index contributed by atoms with van der Waals surface area (Å²) in [5, 5.41) is 11.4. The van der Waals surface area contributed by atoms with Crippen molar-refractivity contribution in [2.24, 2.45) is 0 Å². The third-order valence-electron chi connectivity index (χ3n) is 2.11. The number of pyridine rings is 2. The third-order valence-corrected chi connectivity index (χ3v) is 3.05. The number of hydrogen-bond acceptors (Lipinski definition) is 4. The van der Waals surface area contributed by atoms with Crippen molar-refractivity contribution in [2.45, 2.75) is 0 Å². The lowest BCUT2D eigenvalue weighted by atomic mass is 10.1. The van der Waals surface area contributed by atoms with E-state index in [-0.39, 0.29) is 21.6 Å². The van der Waals surface area contributed by atoms with Crippen molar-refractivity contribution >= 4 is 44.8 Å². The van der Waals surface area contributed by atoms with Gasteiger partial charge in [0.05, 0.1) is 9.95 Å². The Morgan fingerprint density at radius 2 is 1.94 bits per heavy atom. The first-order valence-electron chi connectivity index (χ1n) is 4.60. The van der Waals surface area contributed by atoms with Gasteiger partial charge in [0, 0.05) is 28.5 Å². The van der Waals surface area contributed by atoms with Crippen molar-refractivity contribution in [3.05, 3.63) is 49.3 Å². The van der Waals surface area contributed by atoms with Crippen LogP contribution >= 0.6 is 39.1 Å². The summed E-state index contributed by atoms with van der Waals surface area (Å²) in [4.78, 5) is 18.3.